The average molecular weight is 328 g/mol. The Morgan fingerprint density at radius 1 is 1.38 bits per heavy atom. The molecule has 0 aromatic carbocycles. The summed E-state index contributed by atoms with van der Waals surface area (Å²) < 4.78 is 5.48. The third-order valence-electron chi connectivity index (χ3n) is 4.27. The van der Waals surface area contributed by atoms with E-state index in [0.29, 0.717) is 12.6 Å². The molecule has 2 aromatic rings. The maximum Gasteiger partial charge on any atom is 0.318 e. The monoisotopic (exact) mass is 328 g/mol. The lowest BCUT2D eigenvalue weighted by Gasteiger charge is -2.28. The van der Waals surface area contributed by atoms with Gasteiger partial charge in [-0.25, -0.2) is 9.78 Å². The second kappa shape index (κ2) is 6.95. The fourth-order valence-corrected chi connectivity index (χ4v) is 2.91. The van der Waals surface area contributed by atoms with Crippen molar-refractivity contribution in [3.8, 4) is 0 Å². The fraction of sp³-hybridized carbons (Fsp3) is 0.444. The number of pyridine rings is 1. The Morgan fingerprint density at radius 2 is 2.17 bits per heavy atom. The van der Waals surface area contributed by atoms with Crippen LogP contribution in [-0.4, -0.2) is 36.1 Å². The Kier molecular flexibility index (Phi) is 4.74. The van der Waals surface area contributed by atoms with E-state index in [1.165, 1.54) is 0 Å². The van der Waals surface area contributed by atoms with Gasteiger partial charge in [-0.1, -0.05) is 6.07 Å². The van der Waals surface area contributed by atoms with Gasteiger partial charge in [-0.05, 0) is 38.0 Å². The molecule has 2 aromatic heterocycles. The van der Waals surface area contributed by atoms with Crippen molar-refractivity contribution < 1.29 is 9.21 Å². The third kappa shape index (κ3) is 3.53. The second-order valence-electron chi connectivity index (χ2n) is 6.37. The Hall–Kier alpha value is -2.50. The summed E-state index contributed by atoms with van der Waals surface area (Å²) in [5.41, 5.74) is 0.997. The molecule has 6 nitrogen and oxygen atoms in total. The van der Waals surface area contributed by atoms with Crippen molar-refractivity contribution in [2.75, 3.05) is 19.0 Å². The van der Waals surface area contributed by atoms with Crippen LogP contribution in [0.15, 0.2) is 41.1 Å². The van der Waals surface area contributed by atoms with Crippen molar-refractivity contribution in [1.29, 1.82) is 0 Å². The zero-order valence-corrected chi connectivity index (χ0v) is 14.4. The number of carbonyl (C=O) groups is 1. The van der Waals surface area contributed by atoms with Gasteiger partial charge in [0.1, 0.15) is 11.6 Å². The van der Waals surface area contributed by atoms with Gasteiger partial charge >= 0.3 is 6.03 Å². The van der Waals surface area contributed by atoms with Gasteiger partial charge < -0.3 is 19.5 Å². The van der Waals surface area contributed by atoms with Crippen molar-refractivity contribution in [1.82, 2.24) is 15.2 Å². The van der Waals surface area contributed by atoms with Crippen molar-refractivity contribution >= 4 is 11.8 Å². The number of anilines is 1. The number of hydrogen-bond acceptors (Lipinski definition) is 4. The summed E-state index contributed by atoms with van der Waals surface area (Å²) in [5.74, 6) is 1.68. The standard InChI is InChI=1S/C18H24N4O2/c1-13(16-7-5-11-24-16)22(15-8-9-15)18(23)20-12-14-6-4-10-19-17(14)21(2)3/h4-7,10-11,13,15H,8-9,12H2,1-3H3,(H,20,23)/t13-/m0/s1. The molecule has 0 radical (unpaired) electrons. The van der Waals surface area contributed by atoms with E-state index in [1.807, 2.05) is 55.1 Å². The van der Waals surface area contributed by atoms with E-state index in [0.717, 1.165) is 30.0 Å². The molecule has 128 valence electrons. The largest absolute Gasteiger partial charge is 0.467 e. The SMILES string of the molecule is C[C@@H](c1ccco1)N(C(=O)NCc1cccnc1N(C)C)C1CC1. The number of nitrogens with one attached hydrogen (secondary N) is 1. The number of aromatic nitrogens is 1. The first kappa shape index (κ1) is 16.4. The summed E-state index contributed by atoms with van der Waals surface area (Å²) in [6, 6.07) is 7.81. The number of hydrogen-bond donors (Lipinski definition) is 1. The van der Waals surface area contributed by atoms with Crippen LogP contribution in [0.4, 0.5) is 10.6 Å². The Balaban J connectivity index is 1.69. The smallest absolute Gasteiger partial charge is 0.318 e. The first-order valence-corrected chi connectivity index (χ1v) is 8.28. The normalized spacial score (nSPS) is 15.0. The van der Waals surface area contributed by atoms with Crippen molar-refractivity contribution in [3.63, 3.8) is 0 Å². The molecular formula is C18H24N4O2. The van der Waals surface area contributed by atoms with E-state index in [-0.39, 0.29) is 12.1 Å². The van der Waals surface area contributed by atoms with Gasteiger partial charge in [0.15, 0.2) is 0 Å². The second-order valence-corrected chi connectivity index (χ2v) is 6.37. The number of furan rings is 1. The topological polar surface area (TPSA) is 61.6 Å². The maximum absolute atomic E-state index is 12.8. The predicted molar refractivity (Wildman–Crippen MR) is 92.8 cm³/mol. The lowest BCUT2D eigenvalue weighted by atomic mass is 10.2. The minimum absolute atomic E-state index is 0.0602. The van der Waals surface area contributed by atoms with Crippen LogP contribution in [0, 0.1) is 0 Å². The van der Waals surface area contributed by atoms with Gasteiger partial charge in [-0.2, -0.15) is 0 Å². The number of amides is 2. The minimum atomic E-state index is -0.0743. The van der Waals surface area contributed by atoms with E-state index < -0.39 is 0 Å². The van der Waals surface area contributed by atoms with Gasteiger partial charge in [0.05, 0.1) is 12.3 Å². The molecule has 1 N–H and O–H groups in total. The zero-order chi connectivity index (χ0) is 17.1. The summed E-state index contributed by atoms with van der Waals surface area (Å²) in [6.07, 6.45) is 5.51. The maximum atomic E-state index is 12.8. The highest BCUT2D eigenvalue weighted by Crippen LogP contribution is 2.34. The lowest BCUT2D eigenvalue weighted by molar-refractivity contribution is 0.166. The van der Waals surface area contributed by atoms with Crippen LogP contribution in [-0.2, 0) is 6.54 Å². The van der Waals surface area contributed by atoms with Gasteiger partial charge in [0.2, 0.25) is 0 Å². The molecule has 24 heavy (non-hydrogen) atoms. The van der Waals surface area contributed by atoms with E-state index in [9.17, 15) is 4.79 Å². The van der Waals surface area contributed by atoms with E-state index in [4.69, 9.17) is 4.42 Å². The number of nitrogens with zero attached hydrogens (tertiary/aromatic N) is 3. The predicted octanol–water partition coefficient (Wildman–Crippen LogP) is 3.18. The number of rotatable bonds is 6. The summed E-state index contributed by atoms with van der Waals surface area (Å²) in [4.78, 5) is 21.0. The third-order valence-corrected chi connectivity index (χ3v) is 4.27. The molecule has 2 amide bonds. The molecule has 0 unspecified atom stereocenters. The molecule has 1 aliphatic carbocycles. The lowest BCUT2D eigenvalue weighted by Crippen LogP contribution is -2.42. The molecular weight excluding hydrogens is 304 g/mol. The summed E-state index contributed by atoms with van der Waals surface area (Å²) in [7, 11) is 3.90. The number of carbonyl (C=O) groups excluding carboxylic acids is 1. The minimum Gasteiger partial charge on any atom is -0.467 e. The van der Waals surface area contributed by atoms with Crippen LogP contribution in [0.2, 0.25) is 0 Å². The highest BCUT2D eigenvalue weighted by atomic mass is 16.3. The highest BCUT2D eigenvalue weighted by molar-refractivity contribution is 5.75. The van der Waals surface area contributed by atoms with Crippen molar-refractivity contribution in [2.24, 2.45) is 0 Å². The summed E-state index contributed by atoms with van der Waals surface area (Å²) in [6.45, 7) is 2.46. The van der Waals surface area contributed by atoms with Crippen LogP contribution in [0.25, 0.3) is 0 Å². The van der Waals surface area contributed by atoms with Crippen LogP contribution in [0.5, 0.6) is 0 Å². The van der Waals surface area contributed by atoms with Crippen LogP contribution in [0.3, 0.4) is 0 Å². The Bertz CT molecular complexity index is 680. The van der Waals surface area contributed by atoms with Crippen LogP contribution < -0.4 is 10.2 Å². The molecule has 3 rings (SSSR count). The first-order chi connectivity index (χ1) is 11.6. The van der Waals surface area contributed by atoms with Crippen LogP contribution in [0.1, 0.15) is 37.1 Å². The zero-order valence-electron chi connectivity index (χ0n) is 14.4. The highest BCUT2D eigenvalue weighted by Gasteiger charge is 2.37. The van der Waals surface area contributed by atoms with Gasteiger partial charge in [-0.15, -0.1) is 0 Å². The summed E-state index contributed by atoms with van der Waals surface area (Å²) in [5, 5.41) is 3.04. The Labute approximate surface area is 142 Å². The molecule has 0 saturated heterocycles. The molecule has 0 aliphatic heterocycles. The average Bonchev–Trinajstić information content (AvgIpc) is 3.24. The molecule has 1 fully saturated rings. The molecule has 1 aliphatic rings. The van der Waals surface area contributed by atoms with Gasteiger partial charge in [0, 0.05) is 38.4 Å². The summed E-state index contributed by atoms with van der Waals surface area (Å²) >= 11 is 0. The Morgan fingerprint density at radius 3 is 2.79 bits per heavy atom. The fourth-order valence-electron chi connectivity index (χ4n) is 2.91. The molecule has 1 saturated carbocycles. The molecule has 0 bridgehead atoms. The molecule has 1 atom stereocenters. The van der Waals surface area contributed by atoms with Crippen molar-refractivity contribution in [3.05, 3.63) is 48.0 Å². The van der Waals surface area contributed by atoms with E-state index >= 15 is 0 Å². The molecule has 2 heterocycles. The van der Waals surface area contributed by atoms with Gasteiger partial charge in [-0.3, -0.25) is 0 Å². The van der Waals surface area contributed by atoms with Gasteiger partial charge in [0.25, 0.3) is 0 Å². The first-order valence-electron chi connectivity index (χ1n) is 8.28. The van der Waals surface area contributed by atoms with Crippen molar-refractivity contribution in [2.45, 2.75) is 38.4 Å². The van der Waals surface area contributed by atoms with E-state index in [2.05, 4.69) is 10.3 Å². The number of urea groups is 1. The van der Waals surface area contributed by atoms with Crippen LogP contribution >= 0.6 is 0 Å². The molecule has 6 heteroatoms. The quantitative estimate of drug-likeness (QED) is 0.885. The van der Waals surface area contributed by atoms with E-state index in [1.54, 1.807) is 12.5 Å². The molecule has 0 spiro atoms.